The number of rotatable bonds is 6. The third-order valence-corrected chi connectivity index (χ3v) is 3.88. The number of aromatic hydroxyl groups is 1. The van der Waals surface area contributed by atoms with Crippen LogP contribution in [-0.2, 0) is 11.2 Å². The summed E-state index contributed by atoms with van der Waals surface area (Å²) in [5, 5.41) is 13.9. The Morgan fingerprint density at radius 1 is 1.38 bits per heavy atom. The fraction of sp³-hybridized carbons (Fsp3) is 0.118. The minimum atomic E-state index is -0.394. The number of ether oxygens (including phenoxy) is 1. The Morgan fingerprint density at radius 2 is 2.12 bits per heavy atom. The number of methoxy groups -OCH3 is 1. The van der Waals surface area contributed by atoms with Crippen molar-refractivity contribution in [2.75, 3.05) is 7.11 Å². The predicted molar refractivity (Wildman–Crippen MR) is 93.6 cm³/mol. The quantitative estimate of drug-likeness (QED) is 0.450. The summed E-state index contributed by atoms with van der Waals surface area (Å²) in [6.45, 7) is 0. The average molecular weight is 391 g/mol. The Bertz CT molecular complexity index is 790. The number of phenols is 1. The summed E-state index contributed by atoms with van der Waals surface area (Å²) >= 11 is 3.29. The second-order valence-electron chi connectivity index (χ2n) is 4.79. The van der Waals surface area contributed by atoms with Gasteiger partial charge in [0.15, 0.2) is 11.5 Å². The van der Waals surface area contributed by atoms with Crippen molar-refractivity contribution in [1.82, 2.24) is 5.43 Å². The second-order valence-corrected chi connectivity index (χ2v) is 5.64. The lowest BCUT2D eigenvalue weighted by molar-refractivity contribution is -0.107. The van der Waals surface area contributed by atoms with Gasteiger partial charge in [0.1, 0.15) is 6.29 Å². The lowest BCUT2D eigenvalue weighted by Gasteiger charge is -2.08. The van der Waals surface area contributed by atoms with E-state index in [9.17, 15) is 14.7 Å². The smallest absolute Gasteiger partial charge is 0.272 e. The molecule has 1 amide bonds. The van der Waals surface area contributed by atoms with Crippen LogP contribution in [0.15, 0.2) is 46.0 Å². The minimum absolute atomic E-state index is 0.119. The summed E-state index contributed by atoms with van der Waals surface area (Å²) in [6, 6.07) is 10.1. The van der Waals surface area contributed by atoms with Gasteiger partial charge in [-0.05, 0) is 45.8 Å². The van der Waals surface area contributed by atoms with Crippen molar-refractivity contribution in [3.8, 4) is 11.5 Å². The van der Waals surface area contributed by atoms with E-state index in [0.29, 0.717) is 21.2 Å². The number of aldehydes is 1. The van der Waals surface area contributed by atoms with Crippen LogP contribution in [0, 0.1) is 0 Å². The van der Waals surface area contributed by atoms with E-state index in [-0.39, 0.29) is 17.9 Å². The highest BCUT2D eigenvalue weighted by molar-refractivity contribution is 9.10. The molecule has 2 aromatic rings. The lowest BCUT2D eigenvalue weighted by atomic mass is 10.1. The monoisotopic (exact) mass is 390 g/mol. The number of nitrogens with one attached hydrogen (secondary N) is 1. The lowest BCUT2D eigenvalue weighted by Crippen LogP contribution is -2.18. The molecular weight excluding hydrogens is 376 g/mol. The number of benzene rings is 2. The van der Waals surface area contributed by atoms with E-state index in [1.165, 1.54) is 13.3 Å². The fourth-order valence-electron chi connectivity index (χ4n) is 2.02. The van der Waals surface area contributed by atoms with Crippen LogP contribution in [0.5, 0.6) is 11.5 Å². The first-order valence-electron chi connectivity index (χ1n) is 6.98. The first-order valence-corrected chi connectivity index (χ1v) is 7.77. The maximum atomic E-state index is 12.0. The van der Waals surface area contributed by atoms with Gasteiger partial charge >= 0.3 is 0 Å². The summed E-state index contributed by atoms with van der Waals surface area (Å²) in [5.41, 5.74) is 3.82. The van der Waals surface area contributed by atoms with Gasteiger partial charge in [-0.1, -0.05) is 12.1 Å². The number of carbonyl (C=O) groups excluding carboxylic acids is 2. The summed E-state index contributed by atoms with van der Waals surface area (Å²) in [7, 11) is 1.41. The molecule has 0 bridgehead atoms. The normalized spacial score (nSPS) is 10.6. The number of nitrogens with zero attached hydrogens (tertiary/aromatic N) is 1. The van der Waals surface area contributed by atoms with Crippen molar-refractivity contribution in [3.05, 3.63) is 57.6 Å². The van der Waals surface area contributed by atoms with E-state index in [2.05, 4.69) is 26.5 Å². The maximum Gasteiger partial charge on any atom is 0.272 e. The molecule has 0 spiro atoms. The van der Waals surface area contributed by atoms with Gasteiger partial charge in [-0.3, -0.25) is 4.79 Å². The summed E-state index contributed by atoms with van der Waals surface area (Å²) in [5.74, 6) is -0.284. The van der Waals surface area contributed by atoms with Crippen LogP contribution in [0.2, 0.25) is 0 Å². The van der Waals surface area contributed by atoms with Crippen LogP contribution >= 0.6 is 15.9 Å². The summed E-state index contributed by atoms with van der Waals surface area (Å²) in [4.78, 5) is 22.7. The molecule has 0 heterocycles. The Hall–Kier alpha value is -2.67. The second kappa shape index (κ2) is 8.26. The highest BCUT2D eigenvalue weighted by Crippen LogP contribution is 2.30. The molecule has 6 nitrogen and oxygen atoms in total. The number of phenolic OH excluding ortho intramolecular Hbond substituents is 1. The Kier molecular flexibility index (Phi) is 6.08. The molecular formula is C17H15BrN2O4. The van der Waals surface area contributed by atoms with Crippen LogP contribution < -0.4 is 10.2 Å². The van der Waals surface area contributed by atoms with Crippen molar-refractivity contribution in [1.29, 1.82) is 0 Å². The Morgan fingerprint density at radius 3 is 2.79 bits per heavy atom. The van der Waals surface area contributed by atoms with E-state index in [1.807, 2.05) is 0 Å². The van der Waals surface area contributed by atoms with E-state index in [0.717, 1.165) is 6.29 Å². The number of carbonyl (C=O) groups is 2. The van der Waals surface area contributed by atoms with Crippen LogP contribution in [0.3, 0.4) is 0 Å². The molecule has 0 radical (unpaired) electrons. The van der Waals surface area contributed by atoms with Crippen molar-refractivity contribution in [2.24, 2.45) is 5.10 Å². The van der Waals surface area contributed by atoms with E-state index in [4.69, 9.17) is 4.74 Å². The third-order valence-electron chi connectivity index (χ3n) is 3.19. The number of amides is 1. The number of hydrogen-bond donors (Lipinski definition) is 2. The molecule has 0 saturated carbocycles. The molecule has 0 atom stereocenters. The van der Waals surface area contributed by atoms with Crippen molar-refractivity contribution in [2.45, 2.75) is 6.42 Å². The zero-order valence-corrected chi connectivity index (χ0v) is 14.4. The summed E-state index contributed by atoms with van der Waals surface area (Å²) in [6.07, 6.45) is 2.23. The van der Waals surface area contributed by atoms with Crippen LogP contribution in [-0.4, -0.2) is 30.6 Å². The SMILES string of the molecule is COc1cc(CC=O)cc(/C=N/NC(=O)c2ccccc2Br)c1O. The largest absolute Gasteiger partial charge is 0.504 e. The zero-order valence-electron chi connectivity index (χ0n) is 12.8. The third kappa shape index (κ3) is 4.20. The molecule has 2 rings (SSSR count). The van der Waals surface area contributed by atoms with Gasteiger partial charge < -0.3 is 14.6 Å². The molecule has 0 unspecified atom stereocenters. The first-order chi connectivity index (χ1) is 11.6. The molecule has 0 aliphatic heterocycles. The fourth-order valence-corrected chi connectivity index (χ4v) is 2.49. The topological polar surface area (TPSA) is 88.0 Å². The number of hydrazone groups is 1. The van der Waals surface area contributed by atoms with Crippen molar-refractivity contribution in [3.63, 3.8) is 0 Å². The molecule has 2 N–H and O–H groups in total. The molecule has 124 valence electrons. The highest BCUT2D eigenvalue weighted by atomic mass is 79.9. The molecule has 2 aromatic carbocycles. The molecule has 0 fully saturated rings. The van der Waals surface area contributed by atoms with Crippen molar-refractivity contribution < 1.29 is 19.4 Å². The van der Waals surface area contributed by atoms with Gasteiger partial charge in [-0.15, -0.1) is 0 Å². The zero-order chi connectivity index (χ0) is 17.5. The Balaban J connectivity index is 2.19. The van der Waals surface area contributed by atoms with E-state index >= 15 is 0 Å². The Labute approximate surface area is 147 Å². The van der Waals surface area contributed by atoms with Gasteiger partial charge in [0.05, 0.1) is 18.9 Å². The van der Waals surface area contributed by atoms with Gasteiger partial charge in [0, 0.05) is 16.5 Å². The highest BCUT2D eigenvalue weighted by Gasteiger charge is 2.10. The predicted octanol–water partition coefficient (Wildman–Crippen LogP) is 2.67. The first kappa shape index (κ1) is 17.7. The molecule has 7 heteroatoms. The molecule has 0 aromatic heterocycles. The van der Waals surface area contributed by atoms with E-state index < -0.39 is 5.91 Å². The van der Waals surface area contributed by atoms with Crippen molar-refractivity contribution >= 4 is 34.3 Å². The summed E-state index contributed by atoms with van der Waals surface area (Å²) < 4.78 is 5.71. The van der Waals surface area contributed by atoms with E-state index in [1.54, 1.807) is 36.4 Å². The van der Waals surface area contributed by atoms with Crippen LogP contribution in [0.25, 0.3) is 0 Å². The minimum Gasteiger partial charge on any atom is -0.504 e. The standard InChI is InChI=1S/C17H15BrN2O4/c1-24-15-9-11(6-7-21)8-12(16(15)22)10-19-20-17(23)13-4-2-3-5-14(13)18/h2-5,7-10,22H,6H2,1H3,(H,20,23)/b19-10+. The van der Waals surface area contributed by atoms with Gasteiger partial charge in [0.2, 0.25) is 0 Å². The molecule has 0 saturated heterocycles. The van der Waals surface area contributed by atoms with Crippen LogP contribution in [0.4, 0.5) is 0 Å². The maximum absolute atomic E-state index is 12.0. The van der Waals surface area contributed by atoms with Gasteiger partial charge in [-0.2, -0.15) is 5.10 Å². The molecule has 0 aliphatic carbocycles. The van der Waals surface area contributed by atoms with Crippen LogP contribution in [0.1, 0.15) is 21.5 Å². The molecule has 24 heavy (non-hydrogen) atoms. The average Bonchev–Trinajstić information content (AvgIpc) is 2.57. The molecule has 0 aliphatic rings. The number of hydrogen-bond acceptors (Lipinski definition) is 5. The van der Waals surface area contributed by atoms with Gasteiger partial charge in [0.25, 0.3) is 5.91 Å². The van der Waals surface area contributed by atoms with Gasteiger partial charge in [-0.25, -0.2) is 5.43 Å². The number of halogens is 1.